The Bertz CT molecular complexity index is 1920. The van der Waals surface area contributed by atoms with E-state index >= 15 is 0 Å². The van der Waals surface area contributed by atoms with Gasteiger partial charge in [-0.2, -0.15) is 0 Å². The van der Waals surface area contributed by atoms with Crippen molar-refractivity contribution < 1.29 is 33.5 Å². The van der Waals surface area contributed by atoms with Crippen molar-refractivity contribution in [1.82, 2.24) is 41.4 Å². The van der Waals surface area contributed by atoms with Crippen LogP contribution < -0.4 is 26.6 Å². The molecule has 340 valence electrons. The number of morpholine rings is 1. The van der Waals surface area contributed by atoms with Crippen LogP contribution in [0.5, 0.6) is 0 Å². The predicted octanol–water partition coefficient (Wildman–Crippen LogP) is 3.16. The maximum absolute atomic E-state index is 14.9. The van der Waals surface area contributed by atoms with Gasteiger partial charge in [0.25, 0.3) is 0 Å². The van der Waals surface area contributed by atoms with Crippen LogP contribution in [-0.4, -0.2) is 126 Å². The minimum Gasteiger partial charge on any atom is -0.378 e. The molecule has 3 aliphatic rings. The van der Waals surface area contributed by atoms with Crippen molar-refractivity contribution in [2.75, 3.05) is 39.4 Å². The van der Waals surface area contributed by atoms with E-state index in [9.17, 15) is 28.8 Å². The molecule has 16 nitrogen and oxygen atoms in total. The van der Waals surface area contributed by atoms with Crippen molar-refractivity contribution >= 4 is 52.6 Å². The highest BCUT2D eigenvalue weighted by Gasteiger charge is 2.44. The number of aliphatic imine (C=N–C) groups is 1. The van der Waals surface area contributed by atoms with Gasteiger partial charge in [0.05, 0.1) is 31.7 Å². The molecule has 2 saturated heterocycles. The number of rotatable bonds is 11. The number of hydrogen-bond acceptors (Lipinski definition) is 11. The molecule has 2 fully saturated rings. The molecule has 5 rings (SSSR count). The Kier molecular flexibility index (Phi) is 15.9. The lowest BCUT2D eigenvalue weighted by atomic mass is 9.82. The molecule has 3 aliphatic heterocycles. The van der Waals surface area contributed by atoms with Gasteiger partial charge in [-0.05, 0) is 34.7 Å². The molecule has 0 bridgehead atoms. The highest BCUT2D eigenvalue weighted by molar-refractivity contribution is 7.09. The second-order valence-electron chi connectivity index (χ2n) is 19.3. The molecule has 5 N–H and O–H groups in total. The molecule has 4 heterocycles. The predicted molar refractivity (Wildman–Crippen MR) is 238 cm³/mol. The van der Waals surface area contributed by atoms with Gasteiger partial charge in [-0.15, -0.1) is 11.3 Å². The fourth-order valence-corrected chi connectivity index (χ4v) is 8.89. The van der Waals surface area contributed by atoms with E-state index < -0.39 is 70.7 Å². The average molecular weight is 878 g/mol. The van der Waals surface area contributed by atoms with Crippen LogP contribution in [0.1, 0.15) is 105 Å². The van der Waals surface area contributed by atoms with Gasteiger partial charge in [0.15, 0.2) is 0 Å². The molecule has 0 spiro atoms. The zero-order valence-corrected chi connectivity index (χ0v) is 38.8. The van der Waals surface area contributed by atoms with Crippen molar-refractivity contribution in [1.29, 1.82) is 0 Å². The van der Waals surface area contributed by atoms with E-state index in [0.29, 0.717) is 44.3 Å². The van der Waals surface area contributed by atoms with E-state index in [1.165, 1.54) is 11.3 Å². The number of aromatic nitrogens is 1. The van der Waals surface area contributed by atoms with E-state index in [2.05, 4.69) is 31.6 Å². The second kappa shape index (κ2) is 20.5. The first-order valence-electron chi connectivity index (χ1n) is 21.8. The summed E-state index contributed by atoms with van der Waals surface area (Å²) in [5.74, 6) is -3.01. The number of amidine groups is 1. The van der Waals surface area contributed by atoms with Crippen molar-refractivity contribution in [2.24, 2.45) is 27.7 Å². The fourth-order valence-electron chi connectivity index (χ4n) is 8.20. The normalized spacial score (nSPS) is 23.7. The Morgan fingerprint density at radius 1 is 0.919 bits per heavy atom. The average Bonchev–Trinajstić information content (AvgIpc) is 3.90. The van der Waals surface area contributed by atoms with Crippen LogP contribution in [0.4, 0.5) is 0 Å². The highest BCUT2D eigenvalue weighted by atomic mass is 32.1. The molecule has 62 heavy (non-hydrogen) atoms. The summed E-state index contributed by atoms with van der Waals surface area (Å²) in [7, 11) is 0. The minimum atomic E-state index is -1.11. The minimum absolute atomic E-state index is 0.0251. The highest BCUT2D eigenvalue weighted by Crippen LogP contribution is 2.29. The van der Waals surface area contributed by atoms with E-state index in [0.717, 1.165) is 5.56 Å². The number of hydrogen-bond donors (Lipinski definition) is 5. The fraction of sp³-hybridized carbons (Fsp3) is 0.644. The summed E-state index contributed by atoms with van der Waals surface area (Å²) in [6.07, 6.45) is 2.22. The first-order valence-corrected chi connectivity index (χ1v) is 22.7. The number of carbonyl (C=O) groups excluding carboxylic acids is 6. The molecule has 0 aliphatic carbocycles. The summed E-state index contributed by atoms with van der Waals surface area (Å²) in [4.78, 5) is 97.4. The van der Waals surface area contributed by atoms with Gasteiger partial charge in [0.1, 0.15) is 41.6 Å². The summed E-state index contributed by atoms with van der Waals surface area (Å²) in [6, 6.07) is 3.99. The Hall–Kier alpha value is -4.90. The molecular weight excluding hydrogens is 811 g/mol. The van der Waals surface area contributed by atoms with Crippen molar-refractivity contribution in [3.05, 3.63) is 52.5 Å². The van der Waals surface area contributed by atoms with Gasteiger partial charge in [-0.3, -0.25) is 33.8 Å². The van der Waals surface area contributed by atoms with Crippen LogP contribution in [0.15, 0.2) is 46.9 Å². The molecule has 1 aromatic heterocycles. The second-order valence-corrected chi connectivity index (χ2v) is 20.2. The summed E-state index contributed by atoms with van der Waals surface area (Å²) in [5.41, 5.74) is -0.693. The Morgan fingerprint density at radius 3 is 2.19 bits per heavy atom. The summed E-state index contributed by atoms with van der Waals surface area (Å²) in [5, 5.41) is 17.9. The number of carbonyl (C=O) groups is 6. The number of nitrogens with one attached hydrogen (secondary N) is 5. The summed E-state index contributed by atoms with van der Waals surface area (Å²) >= 11 is 1.33. The maximum atomic E-state index is 14.9. The Balaban J connectivity index is 1.50. The van der Waals surface area contributed by atoms with Gasteiger partial charge >= 0.3 is 0 Å². The largest absolute Gasteiger partial charge is 0.378 e. The Morgan fingerprint density at radius 2 is 1.60 bits per heavy atom. The van der Waals surface area contributed by atoms with Gasteiger partial charge < -0.3 is 41.1 Å². The van der Waals surface area contributed by atoms with E-state index in [1.54, 1.807) is 21.4 Å². The lowest BCUT2D eigenvalue weighted by molar-refractivity contribution is -0.140. The number of nitrogens with zero attached hydrogens (tertiary/aromatic N) is 4. The quantitative estimate of drug-likeness (QED) is 0.225. The molecule has 6 amide bonds. The van der Waals surface area contributed by atoms with E-state index in [-0.39, 0.29) is 48.4 Å². The van der Waals surface area contributed by atoms with Gasteiger partial charge in [-0.25, -0.2) is 4.98 Å². The molecule has 2 aromatic rings. The molecule has 0 saturated carbocycles. The Labute approximate surface area is 370 Å². The third-order valence-electron chi connectivity index (χ3n) is 12.0. The lowest BCUT2D eigenvalue weighted by Gasteiger charge is -2.39. The SMILES string of the molecule is CC(C)[C@@H]1NC(=O)[C@@H]2[C@H](C)CCN2C(=O)CN=C(N[C@H](C(=O)N[C@H](C(=O)N[C@H](CC(=O)N2CCOCC2)c2nccs2)[C@@H](C)c2ccccc2)C(C)(C)C)[C@H](C(C)(C)C)NC1=O. The smallest absolute Gasteiger partial charge is 0.244 e. The van der Waals surface area contributed by atoms with Gasteiger partial charge in [0, 0.05) is 37.1 Å². The monoisotopic (exact) mass is 877 g/mol. The first kappa shape index (κ1) is 48.1. The third kappa shape index (κ3) is 12.0. The number of fused-ring (bicyclic) bond motifs is 1. The maximum Gasteiger partial charge on any atom is 0.244 e. The van der Waals surface area contributed by atoms with Crippen LogP contribution in [-0.2, 0) is 33.5 Å². The van der Waals surface area contributed by atoms with E-state index in [1.807, 2.05) is 99.6 Å². The number of amides is 6. The van der Waals surface area contributed by atoms with Gasteiger partial charge in [-0.1, -0.05) is 99.6 Å². The molecular formula is C45H67N9O7S. The lowest BCUT2D eigenvalue weighted by Crippen LogP contribution is -2.65. The van der Waals surface area contributed by atoms with Crippen LogP contribution in [0.3, 0.4) is 0 Å². The zero-order valence-electron chi connectivity index (χ0n) is 37.9. The summed E-state index contributed by atoms with van der Waals surface area (Å²) in [6.45, 7) is 20.7. The van der Waals surface area contributed by atoms with Crippen LogP contribution >= 0.6 is 11.3 Å². The number of thiazole rings is 1. The molecule has 0 radical (unpaired) electrons. The molecule has 1 aromatic carbocycles. The topological polar surface area (TPSA) is 204 Å². The van der Waals surface area contributed by atoms with Crippen LogP contribution in [0.25, 0.3) is 0 Å². The molecule has 8 atom stereocenters. The number of ether oxygens (including phenoxy) is 1. The van der Waals surface area contributed by atoms with Crippen LogP contribution in [0, 0.1) is 22.7 Å². The van der Waals surface area contributed by atoms with Crippen molar-refractivity contribution in [3.63, 3.8) is 0 Å². The third-order valence-corrected chi connectivity index (χ3v) is 12.9. The van der Waals surface area contributed by atoms with Crippen molar-refractivity contribution in [3.8, 4) is 0 Å². The molecule has 17 heteroatoms. The first-order chi connectivity index (χ1) is 29.2. The molecule has 0 unspecified atom stereocenters. The number of benzene rings is 1. The van der Waals surface area contributed by atoms with Crippen LogP contribution in [0.2, 0.25) is 0 Å². The standard InChI is InChI=1S/C45H67N9O7S/c1-26(2)33-39(57)52-36(44(5,6)7)38(47-25-32(56)54-18-16-27(3)35(54)41(59)49-33)51-37(45(8,9)10)42(60)50-34(28(4)29-14-12-11-13-15-29)40(58)48-30(43-46-17-23-62-43)24-31(55)53-19-21-61-22-20-53/h11-15,17,23,26-28,30,33-37H,16,18-22,24-25H2,1-10H3,(H,47,51)(H,48,58)(H,49,59)(H,50,60)(H,52,57)/t27-,28+,30-,33+,34+,35+,36-,37-/m1/s1. The van der Waals surface area contributed by atoms with Gasteiger partial charge in [0.2, 0.25) is 35.4 Å². The summed E-state index contributed by atoms with van der Waals surface area (Å²) < 4.78 is 5.44. The van der Waals surface area contributed by atoms with Crippen molar-refractivity contribution in [2.45, 2.75) is 124 Å². The van der Waals surface area contributed by atoms with E-state index in [4.69, 9.17) is 9.73 Å². The zero-order chi connectivity index (χ0) is 45.5.